The minimum atomic E-state index is 0.157. The first-order chi connectivity index (χ1) is 9.19. The van der Waals surface area contributed by atoms with Crippen LogP contribution in [0.2, 0.25) is 0 Å². The lowest BCUT2D eigenvalue weighted by Gasteiger charge is -2.07. The molecule has 0 unspecified atom stereocenters. The van der Waals surface area contributed by atoms with Gasteiger partial charge in [-0.05, 0) is 42.0 Å². The van der Waals surface area contributed by atoms with E-state index in [4.69, 9.17) is 0 Å². The second-order valence-corrected chi connectivity index (χ2v) is 4.37. The van der Waals surface area contributed by atoms with E-state index in [0.717, 1.165) is 16.8 Å². The van der Waals surface area contributed by atoms with Gasteiger partial charge in [-0.2, -0.15) is 0 Å². The molecule has 3 nitrogen and oxygen atoms in total. The SMILES string of the molecule is CCC(=O)c1ccc(NCc2ccc(O)cc2)cc1. The summed E-state index contributed by atoms with van der Waals surface area (Å²) in [6.45, 7) is 2.54. The number of benzene rings is 2. The highest BCUT2D eigenvalue weighted by Gasteiger charge is 2.02. The summed E-state index contributed by atoms with van der Waals surface area (Å²) in [4.78, 5) is 11.5. The van der Waals surface area contributed by atoms with Gasteiger partial charge in [0.05, 0.1) is 0 Å². The Morgan fingerprint density at radius 2 is 1.68 bits per heavy atom. The molecule has 0 heterocycles. The maximum atomic E-state index is 11.5. The Bertz CT molecular complexity index is 544. The van der Waals surface area contributed by atoms with Gasteiger partial charge < -0.3 is 10.4 Å². The average molecular weight is 255 g/mol. The van der Waals surface area contributed by atoms with Crippen molar-refractivity contribution >= 4 is 11.5 Å². The number of phenols is 1. The summed E-state index contributed by atoms with van der Waals surface area (Å²) in [7, 11) is 0. The molecule has 0 saturated carbocycles. The fourth-order valence-electron chi connectivity index (χ4n) is 1.80. The van der Waals surface area contributed by atoms with Crippen LogP contribution in [0.4, 0.5) is 5.69 Å². The van der Waals surface area contributed by atoms with E-state index in [1.807, 2.05) is 43.3 Å². The van der Waals surface area contributed by atoms with E-state index in [2.05, 4.69) is 5.32 Å². The first kappa shape index (κ1) is 13.1. The molecule has 0 aliphatic heterocycles. The fraction of sp³-hybridized carbons (Fsp3) is 0.188. The van der Waals surface area contributed by atoms with Crippen LogP contribution in [0, 0.1) is 0 Å². The maximum Gasteiger partial charge on any atom is 0.162 e. The Morgan fingerprint density at radius 1 is 1.05 bits per heavy atom. The van der Waals surface area contributed by atoms with Crippen molar-refractivity contribution in [2.75, 3.05) is 5.32 Å². The van der Waals surface area contributed by atoms with Gasteiger partial charge in [0.2, 0.25) is 0 Å². The van der Waals surface area contributed by atoms with Gasteiger partial charge >= 0.3 is 0 Å². The van der Waals surface area contributed by atoms with Gasteiger partial charge in [0.1, 0.15) is 5.75 Å². The van der Waals surface area contributed by atoms with Crippen molar-refractivity contribution in [2.45, 2.75) is 19.9 Å². The van der Waals surface area contributed by atoms with Crippen molar-refractivity contribution in [1.82, 2.24) is 0 Å². The van der Waals surface area contributed by atoms with Crippen LogP contribution < -0.4 is 5.32 Å². The van der Waals surface area contributed by atoms with Gasteiger partial charge in [0.25, 0.3) is 0 Å². The van der Waals surface area contributed by atoms with Crippen molar-refractivity contribution in [3.05, 3.63) is 59.7 Å². The molecule has 0 spiro atoms. The quantitative estimate of drug-likeness (QED) is 0.803. The Balaban J connectivity index is 1.96. The molecule has 2 rings (SSSR count). The Kier molecular flexibility index (Phi) is 4.18. The first-order valence-electron chi connectivity index (χ1n) is 6.34. The zero-order valence-corrected chi connectivity index (χ0v) is 10.9. The molecule has 0 fully saturated rings. The molecule has 3 heteroatoms. The van der Waals surface area contributed by atoms with Crippen LogP contribution in [-0.4, -0.2) is 10.9 Å². The van der Waals surface area contributed by atoms with Gasteiger partial charge in [-0.1, -0.05) is 19.1 Å². The van der Waals surface area contributed by atoms with E-state index >= 15 is 0 Å². The highest BCUT2D eigenvalue weighted by molar-refractivity contribution is 5.96. The van der Waals surface area contributed by atoms with Crippen LogP contribution in [0.25, 0.3) is 0 Å². The molecule has 2 N–H and O–H groups in total. The zero-order chi connectivity index (χ0) is 13.7. The van der Waals surface area contributed by atoms with Crippen LogP contribution in [0.5, 0.6) is 5.75 Å². The van der Waals surface area contributed by atoms with E-state index in [1.165, 1.54) is 0 Å². The predicted molar refractivity (Wildman–Crippen MR) is 76.5 cm³/mol. The lowest BCUT2D eigenvalue weighted by molar-refractivity contribution is 0.0988. The maximum absolute atomic E-state index is 11.5. The van der Waals surface area contributed by atoms with Crippen LogP contribution in [0.3, 0.4) is 0 Å². The molecule has 98 valence electrons. The molecule has 0 radical (unpaired) electrons. The second kappa shape index (κ2) is 6.05. The number of anilines is 1. The van der Waals surface area contributed by atoms with Gasteiger partial charge in [0.15, 0.2) is 5.78 Å². The zero-order valence-electron chi connectivity index (χ0n) is 10.9. The summed E-state index contributed by atoms with van der Waals surface area (Å²) < 4.78 is 0. The molecule has 2 aromatic rings. The van der Waals surface area contributed by atoms with E-state index < -0.39 is 0 Å². The number of aromatic hydroxyl groups is 1. The normalized spacial score (nSPS) is 10.2. The lowest BCUT2D eigenvalue weighted by Crippen LogP contribution is -2.00. The van der Waals surface area contributed by atoms with Gasteiger partial charge in [-0.15, -0.1) is 0 Å². The fourth-order valence-corrected chi connectivity index (χ4v) is 1.80. The monoisotopic (exact) mass is 255 g/mol. The largest absolute Gasteiger partial charge is 0.508 e. The van der Waals surface area contributed by atoms with E-state index in [-0.39, 0.29) is 11.5 Å². The average Bonchev–Trinajstić information content (AvgIpc) is 2.46. The Labute approximate surface area is 112 Å². The Morgan fingerprint density at radius 3 is 2.26 bits per heavy atom. The van der Waals surface area contributed by atoms with Crippen LogP contribution in [0.15, 0.2) is 48.5 Å². The van der Waals surface area contributed by atoms with Crippen molar-refractivity contribution in [2.24, 2.45) is 0 Å². The summed E-state index contributed by atoms with van der Waals surface area (Å²) in [5, 5.41) is 12.5. The first-order valence-corrected chi connectivity index (χ1v) is 6.34. The molecule has 19 heavy (non-hydrogen) atoms. The molecule has 0 amide bonds. The third-order valence-corrected chi connectivity index (χ3v) is 2.96. The second-order valence-electron chi connectivity index (χ2n) is 4.37. The summed E-state index contributed by atoms with van der Waals surface area (Å²) in [6, 6.07) is 14.6. The number of hydrogen-bond acceptors (Lipinski definition) is 3. The highest BCUT2D eigenvalue weighted by Crippen LogP contribution is 2.14. The number of carbonyl (C=O) groups is 1. The number of phenolic OH excluding ortho intramolecular Hbond substituents is 1. The number of hydrogen-bond donors (Lipinski definition) is 2. The molecule has 0 aliphatic rings. The smallest absolute Gasteiger partial charge is 0.162 e. The number of carbonyl (C=O) groups excluding carboxylic acids is 1. The molecule has 2 aromatic carbocycles. The van der Waals surface area contributed by atoms with Gasteiger partial charge in [0, 0.05) is 24.2 Å². The van der Waals surface area contributed by atoms with Crippen molar-refractivity contribution in [3.8, 4) is 5.75 Å². The summed E-state index contributed by atoms with van der Waals surface area (Å²) >= 11 is 0. The minimum Gasteiger partial charge on any atom is -0.508 e. The van der Waals surface area contributed by atoms with Gasteiger partial charge in [-0.25, -0.2) is 0 Å². The number of Topliss-reactive ketones (excluding diaryl/α,β-unsaturated/α-hetero) is 1. The molecule has 0 aromatic heterocycles. The van der Waals surface area contributed by atoms with Crippen LogP contribution in [-0.2, 0) is 6.54 Å². The van der Waals surface area contributed by atoms with Crippen LogP contribution >= 0.6 is 0 Å². The van der Waals surface area contributed by atoms with Gasteiger partial charge in [-0.3, -0.25) is 4.79 Å². The predicted octanol–water partition coefficient (Wildman–Crippen LogP) is 3.60. The van der Waals surface area contributed by atoms with Crippen molar-refractivity contribution in [1.29, 1.82) is 0 Å². The number of ketones is 1. The van der Waals surface area contributed by atoms with Crippen molar-refractivity contribution in [3.63, 3.8) is 0 Å². The standard InChI is InChI=1S/C16H17NO2/c1-2-16(19)13-5-7-14(8-6-13)17-11-12-3-9-15(18)10-4-12/h3-10,17-18H,2,11H2,1H3. The van der Waals surface area contributed by atoms with E-state index in [1.54, 1.807) is 12.1 Å². The summed E-state index contributed by atoms with van der Waals surface area (Å²) in [5.74, 6) is 0.427. The third-order valence-electron chi connectivity index (χ3n) is 2.96. The topological polar surface area (TPSA) is 49.3 Å². The molecule has 0 saturated heterocycles. The van der Waals surface area contributed by atoms with E-state index in [9.17, 15) is 9.90 Å². The molecular formula is C16H17NO2. The van der Waals surface area contributed by atoms with Crippen LogP contribution in [0.1, 0.15) is 29.3 Å². The summed E-state index contributed by atoms with van der Waals surface area (Å²) in [6.07, 6.45) is 0.528. The molecule has 0 aliphatic carbocycles. The third kappa shape index (κ3) is 3.58. The van der Waals surface area contributed by atoms with E-state index in [0.29, 0.717) is 13.0 Å². The molecular weight excluding hydrogens is 238 g/mol. The highest BCUT2D eigenvalue weighted by atomic mass is 16.3. The number of rotatable bonds is 5. The minimum absolute atomic E-state index is 0.157. The lowest BCUT2D eigenvalue weighted by atomic mass is 10.1. The summed E-state index contributed by atoms with van der Waals surface area (Å²) in [5.41, 5.74) is 2.81. The van der Waals surface area contributed by atoms with Crippen molar-refractivity contribution < 1.29 is 9.90 Å². The Hall–Kier alpha value is -2.29. The molecule has 0 atom stereocenters. The molecule has 0 bridgehead atoms. The number of nitrogens with one attached hydrogen (secondary N) is 1.